The maximum Gasteiger partial charge on any atom is 0.00984 e. The Morgan fingerprint density at radius 2 is 1.09 bits per heavy atom. The Balaban J connectivity index is 1.28. The first kappa shape index (κ1) is 32.7. The van der Waals surface area contributed by atoms with Crippen LogP contribution in [0.4, 0.5) is 0 Å². The molecule has 0 bridgehead atoms. The highest BCUT2D eigenvalue weighted by Crippen LogP contribution is 2.51. The molecule has 0 spiro atoms. The minimum Gasteiger partial charge on any atom is -0.0842 e. The van der Waals surface area contributed by atoms with Crippen molar-refractivity contribution in [3.8, 4) is 22.3 Å². The van der Waals surface area contributed by atoms with E-state index in [2.05, 4.69) is 182 Å². The second-order valence-corrected chi connectivity index (χ2v) is 15.3. The number of fused-ring (bicyclic) bond motifs is 3. The van der Waals surface area contributed by atoms with Gasteiger partial charge in [0.2, 0.25) is 0 Å². The second-order valence-electron chi connectivity index (χ2n) is 15.3. The molecule has 0 fully saturated rings. The summed E-state index contributed by atoms with van der Waals surface area (Å²) in [6.07, 6.45) is 20.8. The zero-order chi connectivity index (χ0) is 35.8. The topological polar surface area (TPSA) is 0 Å². The van der Waals surface area contributed by atoms with E-state index in [1.165, 1.54) is 87.6 Å². The lowest BCUT2D eigenvalue weighted by Crippen LogP contribution is -2.26. The fourth-order valence-electron chi connectivity index (χ4n) is 9.54. The summed E-state index contributed by atoms with van der Waals surface area (Å²) in [5.74, 6) is 0.764. The molecule has 0 aliphatic heterocycles. The Bertz CT molecular complexity index is 2740. The van der Waals surface area contributed by atoms with Crippen LogP contribution >= 0.6 is 0 Å². The molecule has 2 atom stereocenters. The molecule has 0 heterocycles. The molecule has 0 aromatic heterocycles. The summed E-state index contributed by atoms with van der Waals surface area (Å²) in [6.45, 7) is 0. The van der Waals surface area contributed by atoms with Gasteiger partial charge in [-0.25, -0.2) is 0 Å². The van der Waals surface area contributed by atoms with Gasteiger partial charge in [0.15, 0.2) is 0 Å². The first-order chi connectivity index (χ1) is 26.8. The maximum absolute atomic E-state index is 2.60. The van der Waals surface area contributed by atoms with Crippen molar-refractivity contribution in [3.63, 3.8) is 0 Å². The van der Waals surface area contributed by atoms with Crippen molar-refractivity contribution in [1.82, 2.24) is 0 Å². The monoisotopic (exact) mass is 692 g/mol. The molecule has 0 amide bonds. The summed E-state index contributed by atoms with van der Waals surface area (Å²) in [4.78, 5) is 0. The average Bonchev–Trinajstić information content (AvgIpc) is 3.26. The van der Waals surface area contributed by atoms with Crippen LogP contribution < -0.4 is 10.4 Å². The van der Waals surface area contributed by atoms with Crippen molar-refractivity contribution in [1.29, 1.82) is 0 Å². The smallest absolute Gasteiger partial charge is 0.00984 e. The molecule has 3 aliphatic carbocycles. The minimum atomic E-state index is 0.283. The summed E-state index contributed by atoms with van der Waals surface area (Å²) in [5.41, 5.74) is 13.6. The van der Waals surface area contributed by atoms with Crippen LogP contribution in [0.3, 0.4) is 0 Å². The molecule has 2 unspecified atom stereocenters. The van der Waals surface area contributed by atoms with Gasteiger partial charge in [-0.1, -0.05) is 164 Å². The zero-order valence-corrected chi connectivity index (χ0v) is 30.7. The Kier molecular flexibility index (Phi) is 8.53. The number of hydrogen-bond donors (Lipinski definition) is 0. The van der Waals surface area contributed by atoms with Crippen molar-refractivity contribution in [2.45, 2.75) is 50.4 Å². The van der Waals surface area contributed by atoms with E-state index < -0.39 is 0 Å². The number of allylic oxidation sites excluding steroid dienone is 6. The minimum absolute atomic E-state index is 0.283. The highest BCUT2D eigenvalue weighted by atomic mass is 14.3. The van der Waals surface area contributed by atoms with E-state index in [9.17, 15) is 0 Å². The molecule has 54 heavy (non-hydrogen) atoms. The number of hydrogen-bond acceptors (Lipinski definition) is 0. The van der Waals surface area contributed by atoms with E-state index in [0.717, 1.165) is 38.5 Å². The molecule has 7 aromatic carbocycles. The van der Waals surface area contributed by atoms with Crippen LogP contribution in [0.1, 0.15) is 72.6 Å². The lowest BCUT2D eigenvalue weighted by molar-refractivity contribution is 0.578. The first-order valence-corrected chi connectivity index (χ1v) is 19.9. The van der Waals surface area contributed by atoms with Crippen LogP contribution in [0.25, 0.3) is 67.1 Å². The van der Waals surface area contributed by atoms with Gasteiger partial charge in [-0.15, -0.1) is 0 Å². The van der Waals surface area contributed by atoms with Crippen LogP contribution in [0.5, 0.6) is 0 Å². The van der Waals surface area contributed by atoms with Crippen molar-refractivity contribution in [3.05, 3.63) is 203 Å². The lowest BCUT2D eigenvalue weighted by atomic mass is 9.71. The summed E-state index contributed by atoms with van der Waals surface area (Å²) in [7, 11) is 0. The third-order valence-corrected chi connectivity index (χ3v) is 12.2. The molecule has 7 aromatic rings. The fourth-order valence-corrected chi connectivity index (χ4v) is 9.54. The molecule has 260 valence electrons. The number of rotatable bonds is 6. The molecule has 3 aliphatic rings. The highest BCUT2D eigenvalue weighted by molar-refractivity contribution is 6.20. The number of benzene rings is 7. The largest absolute Gasteiger partial charge is 0.0842 e. The van der Waals surface area contributed by atoms with Crippen molar-refractivity contribution in [2.24, 2.45) is 0 Å². The van der Waals surface area contributed by atoms with E-state index in [-0.39, 0.29) is 5.92 Å². The molecule has 0 N–H and O–H groups in total. The van der Waals surface area contributed by atoms with Gasteiger partial charge in [-0.05, 0) is 150 Å². The quantitative estimate of drug-likeness (QED) is 0.152. The van der Waals surface area contributed by atoms with Crippen LogP contribution in [-0.2, 0) is 0 Å². The van der Waals surface area contributed by atoms with Crippen LogP contribution in [0.2, 0.25) is 0 Å². The third-order valence-electron chi connectivity index (χ3n) is 12.2. The van der Waals surface area contributed by atoms with Crippen LogP contribution in [0.15, 0.2) is 170 Å². The molecular formula is C54H44. The van der Waals surface area contributed by atoms with Crippen LogP contribution in [0, 0.1) is 0 Å². The molecule has 0 radical (unpaired) electrons. The summed E-state index contributed by atoms with van der Waals surface area (Å²) in [6, 6.07) is 55.1. The Hall–Kier alpha value is -5.98. The van der Waals surface area contributed by atoms with Crippen molar-refractivity contribution < 1.29 is 0 Å². The third kappa shape index (κ3) is 5.87. The summed E-state index contributed by atoms with van der Waals surface area (Å²) in [5, 5.41) is 8.09. The molecule has 0 saturated heterocycles. The predicted octanol–water partition coefficient (Wildman–Crippen LogP) is 13.2. The lowest BCUT2D eigenvalue weighted by Gasteiger charge is -2.33. The Morgan fingerprint density at radius 1 is 0.463 bits per heavy atom. The van der Waals surface area contributed by atoms with Gasteiger partial charge in [-0.3, -0.25) is 0 Å². The Labute approximate surface area is 318 Å². The summed E-state index contributed by atoms with van der Waals surface area (Å²) >= 11 is 0. The normalized spacial score (nSPS) is 18.0. The average molecular weight is 693 g/mol. The maximum atomic E-state index is 2.60. The molecular weight excluding hydrogens is 649 g/mol. The van der Waals surface area contributed by atoms with E-state index in [4.69, 9.17) is 0 Å². The standard InChI is InChI=1S/C54H44/c1-5-17-37(18-6-1)43-29-31-47(49(33-43)39-21-9-3-10-22-39)53-45-27-15-16-28-46(45)54(52-36-42-26-14-13-25-41(42)35-51(52)53)48-32-30-44(38-19-7-2-8-20-38)34-50(48)40-23-11-4-12-24-40/h1-7,9-12,15-19,21-28,30-32,34-36,43,49H,8,13-14,20,29,33H2. The molecule has 0 heteroatoms. The van der Waals surface area contributed by atoms with Gasteiger partial charge in [0.05, 0.1) is 0 Å². The molecule has 0 nitrogen and oxygen atoms in total. The zero-order valence-electron chi connectivity index (χ0n) is 30.7. The van der Waals surface area contributed by atoms with Gasteiger partial charge >= 0.3 is 0 Å². The van der Waals surface area contributed by atoms with E-state index >= 15 is 0 Å². The Morgan fingerprint density at radius 3 is 1.78 bits per heavy atom. The molecule has 0 saturated carbocycles. The van der Waals surface area contributed by atoms with E-state index in [1.54, 1.807) is 0 Å². The van der Waals surface area contributed by atoms with Gasteiger partial charge < -0.3 is 0 Å². The first-order valence-electron chi connectivity index (χ1n) is 19.9. The second kappa shape index (κ2) is 14.1. The van der Waals surface area contributed by atoms with Crippen molar-refractivity contribution >= 4 is 44.8 Å². The van der Waals surface area contributed by atoms with Gasteiger partial charge in [0, 0.05) is 5.92 Å². The fraction of sp³-hybridized carbons (Fsp3) is 0.148. The molecule has 10 rings (SSSR count). The van der Waals surface area contributed by atoms with Gasteiger partial charge in [0.1, 0.15) is 0 Å². The van der Waals surface area contributed by atoms with E-state index in [0.29, 0.717) is 5.92 Å². The van der Waals surface area contributed by atoms with E-state index in [1.807, 2.05) is 0 Å². The van der Waals surface area contributed by atoms with Crippen LogP contribution in [-0.4, -0.2) is 0 Å². The summed E-state index contributed by atoms with van der Waals surface area (Å²) < 4.78 is 0. The van der Waals surface area contributed by atoms with Gasteiger partial charge in [-0.2, -0.15) is 0 Å². The van der Waals surface area contributed by atoms with Gasteiger partial charge in [0.25, 0.3) is 0 Å². The SMILES string of the molecule is C1=CCCC(c2ccc(-c3c4ccccc4c(C4=CCC(c5ccccc5)CC4c4ccccc4)c4cc5c(cc34)=CCCC=5)c(-c3ccccc3)c2)=C1. The predicted molar refractivity (Wildman–Crippen MR) is 232 cm³/mol. The van der Waals surface area contributed by atoms with Crippen molar-refractivity contribution in [2.75, 3.05) is 0 Å². The highest BCUT2D eigenvalue weighted by Gasteiger charge is 2.30.